The van der Waals surface area contributed by atoms with E-state index in [1.165, 1.54) is 12.1 Å². The molecule has 162 valence electrons. The topological polar surface area (TPSA) is 93.1 Å². The van der Waals surface area contributed by atoms with Gasteiger partial charge in [0.2, 0.25) is 5.91 Å². The van der Waals surface area contributed by atoms with Crippen LogP contribution in [0.5, 0.6) is 0 Å². The summed E-state index contributed by atoms with van der Waals surface area (Å²) in [5.74, 6) is -0.708. The summed E-state index contributed by atoms with van der Waals surface area (Å²) in [5, 5.41) is 2.84. The van der Waals surface area contributed by atoms with E-state index >= 15 is 0 Å². The Labute approximate surface area is 184 Å². The fourth-order valence-corrected chi connectivity index (χ4v) is 4.10. The van der Waals surface area contributed by atoms with Crippen molar-refractivity contribution in [3.8, 4) is 5.69 Å². The van der Waals surface area contributed by atoms with Gasteiger partial charge in [0.1, 0.15) is 5.82 Å². The smallest absolute Gasteiger partial charge is 0.261 e. The van der Waals surface area contributed by atoms with Crippen molar-refractivity contribution in [2.45, 2.75) is 11.3 Å². The lowest BCUT2D eigenvalue weighted by Gasteiger charge is -2.10. The number of carbonyl (C=O) groups is 1. The molecule has 0 aliphatic heterocycles. The molecule has 0 spiro atoms. The number of benzene rings is 3. The summed E-state index contributed by atoms with van der Waals surface area (Å²) in [7, 11) is -3.83. The number of carbonyl (C=O) groups excluding carboxylic acids is 1. The van der Waals surface area contributed by atoms with Crippen LogP contribution in [0.3, 0.4) is 0 Å². The highest BCUT2D eigenvalue weighted by Gasteiger charge is 2.14. The summed E-state index contributed by atoms with van der Waals surface area (Å²) in [5.41, 5.74) is 2.66. The summed E-state index contributed by atoms with van der Waals surface area (Å²) in [6, 6.07) is 18.4. The third-order valence-electron chi connectivity index (χ3n) is 4.65. The minimum Gasteiger partial charge on any atom is -0.326 e. The Balaban J connectivity index is 1.35. The number of nitrogens with zero attached hydrogens (tertiary/aromatic N) is 2. The molecule has 0 radical (unpaired) electrons. The van der Waals surface area contributed by atoms with Gasteiger partial charge in [0.25, 0.3) is 10.0 Å². The first-order valence-corrected chi connectivity index (χ1v) is 11.1. The number of hydrogen-bond donors (Lipinski definition) is 2. The molecule has 0 unspecified atom stereocenters. The molecule has 0 atom stereocenters. The van der Waals surface area contributed by atoms with Crippen LogP contribution in [0.1, 0.15) is 5.56 Å². The Bertz CT molecular complexity index is 1300. The minimum absolute atomic E-state index is 0.0404. The molecule has 1 aromatic heterocycles. The lowest BCUT2D eigenvalue weighted by Crippen LogP contribution is -2.15. The molecule has 1 heterocycles. The van der Waals surface area contributed by atoms with E-state index in [4.69, 9.17) is 0 Å². The molecule has 3 aromatic carbocycles. The van der Waals surface area contributed by atoms with Gasteiger partial charge in [0, 0.05) is 29.5 Å². The first-order valence-electron chi connectivity index (χ1n) is 9.65. The lowest BCUT2D eigenvalue weighted by molar-refractivity contribution is -0.115. The van der Waals surface area contributed by atoms with Crippen LogP contribution in [0, 0.1) is 5.82 Å². The zero-order valence-electron chi connectivity index (χ0n) is 16.8. The summed E-state index contributed by atoms with van der Waals surface area (Å²) in [4.78, 5) is 16.3. The molecule has 0 aliphatic carbocycles. The van der Waals surface area contributed by atoms with Crippen LogP contribution in [-0.2, 0) is 21.2 Å². The number of imidazole rings is 1. The Morgan fingerprint density at radius 1 is 0.906 bits per heavy atom. The van der Waals surface area contributed by atoms with Gasteiger partial charge in [0.05, 0.1) is 17.6 Å². The van der Waals surface area contributed by atoms with Gasteiger partial charge in [-0.05, 0) is 66.2 Å². The summed E-state index contributed by atoms with van der Waals surface area (Å²) < 4.78 is 42.1. The Morgan fingerprint density at radius 2 is 1.56 bits per heavy atom. The second kappa shape index (κ2) is 9.03. The van der Waals surface area contributed by atoms with E-state index in [-0.39, 0.29) is 17.2 Å². The van der Waals surface area contributed by atoms with Gasteiger partial charge in [-0.3, -0.25) is 9.52 Å². The first-order chi connectivity index (χ1) is 15.4. The second-order valence-electron chi connectivity index (χ2n) is 7.00. The highest BCUT2D eigenvalue weighted by molar-refractivity contribution is 7.92. The van der Waals surface area contributed by atoms with Crippen molar-refractivity contribution in [2.24, 2.45) is 0 Å². The van der Waals surface area contributed by atoms with E-state index in [2.05, 4.69) is 15.0 Å². The van der Waals surface area contributed by atoms with Gasteiger partial charge in [0.15, 0.2) is 0 Å². The van der Waals surface area contributed by atoms with Gasteiger partial charge in [-0.1, -0.05) is 12.1 Å². The van der Waals surface area contributed by atoms with Crippen LogP contribution in [0.15, 0.2) is 96.4 Å². The summed E-state index contributed by atoms with van der Waals surface area (Å²) in [6.45, 7) is 0. The molecule has 7 nitrogen and oxygen atoms in total. The molecule has 2 N–H and O–H groups in total. The van der Waals surface area contributed by atoms with Crippen molar-refractivity contribution in [3.05, 3.63) is 103 Å². The number of halogens is 1. The van der Waals surface area contributed by atoms with Gasteiger partial charge >= 0.3 is 0 Å². The largest absolute Gasteiger partial charge is 0.326 e. The van der Waals surface area contributed by atoms with Crippen molar-refractivity contribution in [1.29, 1.82) is 0 Å². The van der Waals surface area contributed by atoms with Gasteiger partial charge in [-0.15, -0.1) is 0 Å². The zero-order chi connectivity index (χ0) is 22.6. The van der Waals surface area contributed by atoms with Crippen molar-refractivity contribution in [3.63, 3.8) is 0 Å². The lowest BCUT2D eigenvalue weighted by atomic mass is 10.1. The second-order valence-corrected chi connectivity index (χ2v) is 8.68. The molecular weight excluding hydrogens is 431 g/mol. The molecule has 32 heavy (non-hydrogen) atoms. The molecule has 0 bridgehead atoms. The Morgan fingerprint density at radius 3 is 2.19 bits per heavy atom. The van der Waals surface area contributed by atoms with Crippen molar-refractivity contribution < 1.29 is 17.6 Å². The number of anilines is 2. The third kappa shape index (κ3) is 5.19. The van der Waals surface area contributed by atoms with Crippen molar-refractivity contribution in [2.75, 3.05) is 10.0 Å². The third-order valence-corrected chi connectivity index (χ3v) is 6.05. The molecule has 4 rings (SSSR count). The standard InChI is InChI=1S/C23H19FN4O3S/c24-18-3-11-22(12-4-18)32(30,31)27-20-5-1-17(2-6-20)15-23(29)26-19-7-9-21(10-8-19)28-14-13-25-16-28/h1-14,16,27H,15H2,(H,26,29). The van der Waals surface area contributed by atoms with Crippen LogP contribution in [0.2, 0.25) is 0 Å². The van der Waals surface area contributed by atoms with Crippen molar-refractivity contribution >= 4 is 27.3 Å². The van der Waals surface area contributed by atoms with E-state index in [0.29, 0.717) is 11.4 Å². The number of hydrogen-bond acceptors (Lipinski definition) is 4. The SMILES string of the molecule is O=C(Cc1ccc(NS(=O)(=O)c2ccc(F)cc2)cc1)Nc1ccc(-n2ccnc2)cc1. The maximum atomic E-state index is 13.0. The monoisotopic (exact) mass is 450 g/mol. The van der Waals surface area contributed by atoms with E-state index in [1.54, 1.807) is 48.9 Å². The Kier molecular flexibility index (Phi) is 6.00. The van der Waals surface area contributed by atoms with Gasteiger partial charge in [-0.2, -0.15) is 0 Å². The quantitative estimate of drug-likeness (QED) is 0.445. The van der Waals surface area contributed by atoms with E-state index in [0.717, 1.165) is 23.4 Å². The van der Waals surface area contributed by atoms with Crippen LogP contribution < -0.4 is 10.0 Å². The molecule has 9 heteroatoms. The molecule has 0 aliphatic rings. The molecular formula is C23H19FN4O3S. The fraction of sp³-hybridized carbons (Fsp3) is 0.0435. The average molecular weight is 450 g/mol. The van der Waals surface area contributed by atoms with Crippen molar-refractivity contribution in [1.82, 2.24) is 9.55 Å². The van der Waals surface area contributed by atoms with E-state index in [9.17, 15) is 17.6 Å². The van der Waals surface area contributed by atoms with Gasteiger partial charge in [-0.25, -0.2) is 17.8 Å². The predicted molar refractivity (Wildman–Crippen MR) is 120 cm³/mol. The van der Waals surface area contributed by atoms with Crippen LogP contribution in [-0.4, -0.2) is 23.9 Å². The van der Waals surface area contributed by atoms with Crippen LogP contribution in [0.25, 0.3) is 5.69 Å². The Hall–Kier alpha value is -3.98. The summed E-state index contributed by atoms with van der Waals surface area (Å²) >= 11 is 0. The first kappa shape index (κ1) is 21.3. The highest BCUT2D eigenvalue weighted by atomic mass is 32.2. The maximum absolute atomic E-state index is 13.0. The highest BCUT2D eigenvalue weighted by Crippen LogP contribution is 2.18. The maximum Gasteiger partial charge on any atom is 0.261 e. The molecule has 0 saturated heterocycles. The number of sulfonamides is 1. The minimum atomic E-state index is -3.83. The number of amides is 1. The fourth-order valence-electron chi connectivity index (χ4n) is 3.04. The number of nitrogens with one attached hydrogen (secondary N) is 2. The average Bonchev–Trinajstić information content (AvgIpc) is 3.31. The predicted octanol–water partition coefficient (Wildman–Crippen LogP) is 3.99. The summed E-state index contributed by atoms with van der Waals surface area (Å²) in [6.07, 6.45) is 5.34. The van der Waals surface area contributed by atoms with E-state index in [1.807, 2.05) is 22.9 Å². The van der Waals surface area contributed by atoms with Crippen LogP contribution >= 0.6 is 0 Å². The van der Waals surface area contributed by atoms with Gasteiger partial charge < -0.3 is 9.88 Å². The molecule has 4 aromatic rings. The van der Waals surface area contributed by atoms with Crippen LogP contribution in [0.4, 0.5) is 15.8 Å². The molecule has 0 fully saturated rings. The molecule has 1 amide bonds. The zero-order valence-corrected chi connectivity index (χ0v) is 17.6. The normalized spacial score (nSPS) is 11.2. The molecule has 0 saturated carbocycles. The number of aromatic nitrogens is 2. The van der Waals surface area contributed by atoms with E-state index < -0.39 is 15.8 Å². The number of rotatable bonds is 7.